The van der Waals surface area contributed by atoms with Gasteiger partial charge in [0.15, 0.2) is 0 Å². The number of carbonyl (C=O) groups excluding carboxylic acids is 1. The van der Waals surface area contributed by atoms with Gasteiger partial charge in [-0.15, -0.1) is 4.99 Å². The highest BCUT2D eigenvalue weighted by atomic mass is 19.1. The number of carbonyl (C=O) groups is 1. The average molecular weight is 325 g/mol. The Morgan fingerprint density at radius 3 is 2.87 bits per heavy atom. The molecule has 0 aromatic heterocycles. The summed E-state index contributed by atoms with van der Waals surface area (Å²) < 4.78 is 19.7. The zero-order chi connectivity index (χ0) is 16.2. The van der Waals surface area contributed by atoms with Crippen molar-refractivity contribution in [1.82, 2.24) is 5.32 Å². The van der Waals surface area contributed by atoms with Crippen LogP contribution in [-0.2, 0) is 19.4 Å². The lowest BCUT2D eigenvalue weighted by molar-refractivity contribution is -0.281. The fourth-order valence-electron chi connectivity index (χ4n) is 2.57. The molecule has 0 radical (unpaired) electrons. The van der Waals surface area contributed by atoms with Crippen LogP contribution in [0, 0.1) is 5.82 Å². The Kier molecular flexibility index (Phi) is 4.94. The summed E-state index contributed by atoms with van der Waals surface area (Å²) in [4.78, 5) is 23.1. The van der Waals surface area contributed by atoms with Gasteiger partial charge < -0.3 is 15.0 Å². The molecule has 3 rings (SSSR count). The van der Waals surface area contributed by atoms with Gasteiger partial charge in [-0.05, 0) is 12.1 Å². The molecule has 23 heavy (non-hydrogen) atoms. The van der Waals surface area contributed by atoms with Crippen LogP contribution in [0.15, 0.2) is 18.2 Å². The monoisotopic (exact) mass is 325 g/mol. The van der Waals surface area contributed by atoms with E-state index in [-0.39, 0.29) is 17.8 Å². The molecular formula is C15H20FN3O4. The lowest BCUT2D eigenvalue weighted by Crippen LogP contribution is -2.36. The summed E-state index contributed by atoms with van der Waals surface area (Å²) in [7, 11) is 0. The number of amides is 1. The molecule has 1 aromatic carbocycles. The molecule has 1 amide bonds. The molecule has 8 heteroatoms. The second-order valence-electron chi connectivity index (χ2n) is 5.53. The minimum Gasteiger partial charge on any atom is -0.378 e. The maximum atomic E-state index is 14.4. The van der Waals surface area contributed by atoms with Gasteiger partial charge in [0, 0.05) is 32.6 Å². The SMILES string of the molecule is CC(=O)NCC1CN(c2ccc(N3CCOCC3)c(F)c2)OO1. The van der Waals surface area contributed by atoms with Crippen LogP contribution in [0.25, 0.3) is 0 Å². The fraction of sp³-hybridized carbons (Fsp3) is 0.533. The molecule has 2 fully saturated rings. The van der Waals surface area contributed by atoms with Crippen LogP contribution in [-0.4, -0.2) is 51.4 Å². The first-order valence-electron chi connectivity index (χ1n) is 7.61. The molecule has 2 heterocycles. The van der Waals surface area contributed by atoms with Gasteiger partial charge in [-0.25, -0.2) is 14.3 Å². The van der Waals surface area contributed by atoms with Gasteiger partial charge >= 0.3 is 0 Å². The van der Waals surface area contributed by atoms with E-state index in [0.717, 1.165) is 0 Å². The third-order valence-corrected chi connectivity index (χ3v) is 3.79. The first-order chi connectivity index (χ1) is 11.1. The lowest BCUT2D eigenvalue weighted by Gasteiger charge is -2.29. The van der Waals surface area contributed by atoms with E-state index < -0.39 is 0 Å². The molecule has 1 atom stereocenters. The number of rotatable bonds is 4. The Bertz CT molecular complexity index is 566. The third-order valence-electron chi connectivity index (χ3n) is 3.79. The number of morpholine rings is 1. The van der Waals surface area contributed by atoms with E-state index in [0.29, 0.717) is 50.8 Å². The standard InChI is InChI=1S/C15H20FN3O4/c1-11(20)17-9-13-10-19(23-22-13)12-2-3-15(14(16)8-12)18-4-6-21-7-5-18/h2-3,8,13H,4-7,9-10H2,1H3,(H,17,20). The van der Waals surface area contributed by atoms with E-state index >= 15 is 0 Å². The molecule has 126 valence electrons. The number of benzene rings is 1. The second-order valence-corrected chi connectivity index (χ2v) is 5.53. The third kappa shape index (κ3) is 3.90. The van der Waals surface area contributed by atoms with Gasteiger partial charge in [0.2, 0.25) is 5.91 Å². The molecular weight excluding hydrogens is 305 g/mol. The zero-order valence-corrected chi connectivity index (χ0v) is 13.0. The van der Waals surface area contributed by atoms with Crippen molar-refractivity contribution < 1.29 is 23.8 Å². The minimum absolute atomic E-state index is 0.132. The van der Waals surface area contributed by atoms with Crippen molar-refractivity contribution in [2.24, 2.45) is 0 Å². The van der Waals surface area contributed by atoms with Crippen molar-refractivity contribution in [3.63, 3.8) is 0 Å². The number of hydrogen-bond donors (Lipinski definition) is 1. The number of nitrogens with zero attached hydrogens (tertiary/aromatic N) is 2. The number of nitrogens with one attached hydrogen (secondary N) is 1. The molecule has 0 spiro atoms. The van der Waals surface area contributed by atoms with Crippen molar-refractivity contribution in [2.75, 3.05) is 49.4 Å². The summed E-state index contributed by atoms with van der Waals surface area (Å²) in [6.45, 7) is 4.77. The molecule has 0 saturated carbocycles. The molecule has 2 aliphatic rings. The molecule has 1 unspecified atom stereocenters. The highest BCUT2D eigenvalue weighted by Gasteiger charge is 2.27. The Morgan fingerprint density at radius 1 is 1.39 bits per heavy atom. The number of hydroxylamine groups is 1. The fourth-order valence-corrected chi connectivity index (χ4v) is 2.57. The van der Waals surface area contributed by atoms with Gasteiger partial charge in [0.1, 0.15) is 11.9 Å². The van der Waals surface area contributed by atoms with Crippen LogP contribution >= 0.6 is 0 Å². The van der Waals surface area contributed by atoms with Gasteiger partial charge in [0.05, 0.1) is 31.1 Å². The van der Waals surface area contributed by atoms with Gasteiger partial charge in [-0.3, -0.25) is 4.79 Å². The Morgan fingerprint density at radius 2 is 2.17 bits per heavy atom. The van der Waals surface area contributed by atoms with Crippen molar-refractivity contribution >= 4 is 17.3 Å². The summed E-state index contributed by atoms with van der Waals surface area (Å²) >= 11 is 0. The topological polar surface area (TPSA) is 63.3 Å². The first kappa shape index (κ1) is 16.0. The summed E-state index contributed by atoms with van der Waals surface area (Å²) in [5.74, 6) is -0.439. The number of halogens is 1. The highest BCUT2D eigenvalue weighted by molar-refractivity contribution is 5.72. The van der Waals surface area contributed by atoms with E-state index in [1.807, 2.05) is 4.90 Å². The predicted octanol–water partition coefficient (Wildman–Crippen LogP) is 0.850. The van der Waals surface area contributed by atoms with Crippen LogP contribution in [0.1, 0.15) is 6.92 Å². The van der Waals surface area contributed by atoms with E-state index in [1.54, 1.807) is 12.1 Å². The van der Waals surface area contributed by atoms with Gasteiger partial charge in [0.25, 0.3) is 0 Å². The molecule has 0 bridgehead atoms. The molecule has 0 aliphatic carbocycles. The van der Waals surface area contributed by atoms with Crippen molar-refractivity contribution in [3.05, 3.63) is 24.0 Å². The van der Waals surface area contributed by atoms with Crippen molar-refractivity contribution in [3.8, 4) is 0 Å². The van der Waals surface area contributed by atoms with E-state index in [2.05, 4.69) is 5.32 Å². The maximum Gasteiger partial charge on any atom is 0.216 e. The lowest BCUT2D eigenvalue weighted by atomic mass is 10.2. The van der Waals surface area contributed by atoms with Crippen molar-refractivity contribution in [2.45, 2.75) is 13.0 Å². The number of hydrogen-bond acceptors (Lipinski definition) is 6. The molecule has 1 aromatic rings. The average Bonchev–Trinajstić information content (AvgIpc) is 3.02. The van der Waals surface area contributed by atoms with Gasteiger partial charge in [-0.1, -0.05) is 0 Å². The summed E-state index contributed by atoms with van der Waals surface area (Å²) in [6, 6.07) is 4.95. The minimum atomic E-state index is -0.307. The van der Waals surface area contributed by atoms with Crippen LogP contribution in [0.5, 0.6) is 0 Å². The molecule has 1 N–H and O–H groups in total. The number of anilines is 2. The quantitative estimate of drug-likeness (QED) is 0.828. The Balaban J connectivity index is 1.63. The Hall–Kier alpha value is -1.90. The van der Waals surface area contributed by atoms with E-state index in [1.165, 1.54) is 18.1 Å². The van der Waals surface area contributed by atoms with Crippen molar-refractivity contribution in [1.29, 1.82) is 0 Å². The second kappa shape index (κ2) is 7.12. The van der Waals surface area contributed by atoms with Crippen LogP contribution in [0.3, 0.4) is 0 Å². The Labute approximate surface area is 133 Å². The van der Waals surface area contributed by atoms with Crippen LogP contribution in [0.2, 0.25) is 0 Å². The largest absolute Gasteiger partial charge is 0.378 e. The highest BCUT2D eigenvalue weighted by Crippen LogP contribution is 2.27. The predicted molar refractivity (Wildman–Crippen MR) is 81.4 cm³/mol. The first-order valence-corrected chi connectivity index (χ1v) is 7.61. The van der Waals surface area contributed by atoms with E-state index in [9.17, 15) is 9.18 Å². The molecule has 2 saturated heterocycles. The van der Waals surface area contributed by atoms with Gasteiger partial charge in [-0.2, -0.15) is 0 Å². The van der Waals surface area contributed by atoms with Crippen LogP contribution in [0.4, 0.5) is 15.8 Å². The summed E-state index contributed by atoms with van der Waals surface area (Å²) in [5.41, 5.74) is 1.14. The van der Waals surface area contributed by atoms with E-state index in [4.69, 9.17) is 14.6 Å². The summed E-state index contributed by atoms with van der Waals surface area (Å²) in [6.07, 6.45) is -0.291. The number of ether oxygens (including phenoxy) is 1. The van der Waals surface area contributed by atoms with Crippen LogP contribution < -0.4 is 15.3 Å². The molecule has 7 nitrogen and oxygen atoms in total. The maximum absolute atomic E-state index is 14.4. The normalized spacial score (nSPS) is 21.6. The molecule has 2 aliphatic heterocycles. The smallest absolute Gasteiger partial charge is 0.216 e. The summed E-state index contributed by atoms with van der Waals surface area (Å²) in [5, 5.41) is 4.13. The zero-order valence-electron chi connectivity index (χ0n) is 13.0.